The molecule has 0 amide bonds. The van der Waals surface area contributed by atoms with Crippen molar-refractivity contribution in [1.29, 1.82) is 0 Å². The van der Waals surface area contributed by atoms with Crippen LogP contribution in [0.3, 0.4) is 0 Å². The molecule has 6 heteroatoms. The van der Waals surface area contributed by atoms with E-state index in [4.69, 9.17) is 23.2 Å². The Morgan fingerprint density at radius 2 is 2.06 bits per heavy atom. The molecule has 0 saturated heterocycles. The van der Waals surface area contributed by atoms with Gasteiger partial charge in [0.25, 0.3) is 5.56 Å². The van der Waals surface area contributed by atoms with E-state index >= 15 is 0 Å². The summed E-state index contributed by atoms with van der Waals surface area (Å²) in [5, 5.41) is 5.84. The fourth-order valence-corrected chi connectivity index (χ4v) is 2.11. The van der Waals surface area contributed by atoms with Gasteiger partial charge in [0.05, 0.1) is 10.0 Å². The van der Waals surface area contributed by atoms with E-state index < -0.39 is 0 Å². The Kier molecular flexibility index (Phi) is 3.53. The summed E-state index contributed by atoms with van der Waals surface area (Å²) in [4.78, 5) is 11.2. The van der Waals surface area contributed by atoms with E-state index in [1.54, 1.807) is 21.5 Å². The number of hydrogen-bond donors (Lipinski definition) is 1. The quantitative estimate of drug-likeness (QED) is 0.932. The monoisotopic (exact) mass is 274 g/mol. The Bertz CT molecular complexity index is 550. The van der Waals surface area contributed by atoms with Crippen molar-refractivity contribution in [3.63, 3.8) is 0 Å². The van der Waals surface area contributed by atoms with Crippen molar-refractivity contribution in [1.82, 2.24) is 3.96 Å². The summed E-state index contributed by atoms with van der Waals surface area (Å²) >= 11 is 13.0. The third-order valence-corrected chi connectivity index (χ3v) is 3.55. The molecule has 0 atom stereocenters. The van der Waals surface area contributed by atoms with Gasteiger partial charge >= 0.3 is 0 Å². The van der Waals surface area contributed by atoms with Crippen LogP contribution in [-0.4, -0.2) is 3.96 Å². The number of aromatic nitrogens is 1. The van der Waals surface area contributed by atoms with Gasteiger partial charge in [-0.3, -0.25) is 4.79 Å². The Balaban J connectivity index is 2.08. The van der Waals surface area contributed by atoms with Crippen molar-refractivity contribution >= 4 is 40.4 Å². The lowest BCUT2D eigenvalue weighted by molar-refractivity contribution is 0.824. The van der Waals surface area contributed by atoms with E-state index in [0.29, 0.717) is 16.7 Å². The van der Waals surface area contributed by atoms with Crippen molar-refractivity contribution in [2.75, 3.05) is 5.32 Å². The Morgan fingerprint density at radius 1 is 1.25 bits per heavy atom. The van der Waals surface area contributed by atoms with Gasteiger partial charge in [0.1, 0.15) is 6.67 Å². The Morgan fingerprint density at radius 3 is 2.69 bits per heavy atom. The average Bonchev–Trinajstić information content (AvgIpc) is 2.66. The maximum absolute atomic E-state index is 11.2. The van der Waals surface area contributed by atoms with E-state index in [2.05, 4.69) is 5.32 Å². The van der Waals surface area contributed by atoms with Crippen molar-refractivity contribution in [3.05, 3.63) is 50.0 Å². The average molecular weight is 275 g/mol. The highest BCUT2D eigenvalue weighted by Crippen LogP contribution is 2.24. The van der Waals surface area contributed by atoms with Crippen molar-refractivity contribution in [2.45, 2.75) is 6.67 Å². The second kappa shape index (κ2) is 4.91. The van der Waals surface area contributed by atoms with E-state index in [1.165, 1.54) is 17.6 Å². The van der Waals surface area contributed by atoms with Crippen LogP contribution in [0.15, 0.2) is 34.4 Å². The molecule has 1 N–H and O–H groups in total. The van der Waals surface area contributed by atoms with Crippen LogP contribution in [0.1, 0.15) is 0 Å². The molecular formula is C10H8Cl2N2OS. The summed E-state index contributed by atoms with van der Waals surface area (Å²) in [6, 6.07) is 6.78. The highest BCUT2D eigenvalue weighted by molar-refractivity contribution is 7.04. The number of halogens is 2. The smallest absolute Gasteiger partial charge is 0.262 e. The van der Waals surface area contributed by atoms with Gasteiger partial charge in [-0.05, 0) is 18.2 Å². The summed E-state index contributed by atoms with van der Waals surface area (Å²) in [6.45, 7) is 0.425. The van der Waals surface area contributed by atoms with Crippen LogP contribution in [0.25, 0.3) is 0 Å². The molecule has 0 spiro atoms. The molecule has 0 bridgehead atoms. The first-order valence-electron chi connectivity index (χ1n) is 4.50. The lowest BCUT2D eigenvalue weighted by Crippen LogP contribution is -2.16. The van der Waals surface area contributed by atoms with Gasteiger partial charge < -0.3 is 5.32 Å². The fraction of sp³-hybridized carbons (Fsp3) is 0.100. The SMILES string of the molecule is O=c1ccsn1CNc1ccc(Cl)c(Cl)c1. The zero-order valence-electron chi connectivity index (χ0n) is 8.11. The van der Waals surface area contributed by atoms with Gasteiger partial charge in [0, 0.05) is 17.1 Å². The number of anilines is 1. The summed E-state index contributed by atoms with van der Waals surface area (Å²) < 4.78 is 1.60. The molecule has 0 aliphatic rings. The van der Waals surface area contributed by atoms with E-state index in [1.807, 2.05) is 6.07 Å². The molecule has 0 aliphatic carbocycles. The summed E-state index contributed by atoms with van der Waals surface area (Å²) in [6.07, 6.45) is 0. The van der Waals surface area contributed by atoms with Crippen molar-refractivity contribution in [3.8, 4) is 0 Å². The minimum Gasteiger partial charge on any atom is -0.367 e. The molecule has 0 saturated carbocycles. The second-order valence-electron chi connectivity index (χ2n) is 3.09. The highest BCUT2D eigenvalue weighted by atomic mass is 35.5. The molecular weight excluding hydrogens is 267 g/mol. The first kappa shape index (κ1) is 11.5. The molecule has 3 nitrogen and oxygen atoms in total. The minimum atomic E-state index is -0.0161. The number of rotatable bonds is 3. The van der Waals surface area contributed by atoms with Crippen LogP contribution in [0.4, 0.5) is 5.69 Å². The molecule has 0 unspecified atom stereocenters. The summed E-state index contributed by atoms with van der Waals surface area (Å²) in [5.41, 5.74) is 0.812. The maximum Gasteiger partial charge on any atom is 0.262 e. The Labute approximate surface area is 106 Å². The van der Waals surface area contributed by atoms with Crippen LogP contribution in [0.5, 0.6) is 0 Å². The first-order valence-corrected chi connectivity index (χ1v) is 6.10. The predicted molar refractivity (Wildman–Crippen MR) is 68.7 cm³/mol. The molecule has 1 heterocycles. The molecule has 1 aromatic heterocycles. The maximum atomic E-state index is 11.2. The van der Waals surface area contributed by atoms with Gasteiger partial charge in [-0.25, -0.2) is 3.96 Å². The fourth-order valence-electron chi connectivity index (χ4n) is 1.18. The van der Waals surface area contributed by atoms with Crippen LogP contribution in [-0.2, 0) is 6.67 Å². The lowest BCUT2D eigenvalue weighted by atomic mass is 10.3. The predicted octanol–water partition coefficient (Wildman–Crippen LogP) is 3.29. The number of benzene rings is 1. The van der Waals surface area contributed by atoms with Crippen LogP contribution < -0.4 is 10.9 Å². The minimum absolute atomic E-state index is 0.0161. The summed E-state index contributed by atoms with van der Waals surface area (Å²) in [5.74, 6) is 0. The van der Waals surface area contributed by atoms with Gasteiger partial charge in [0.15, 0.2) is 0 Å². The van der Waals surface area contributed by atoms with Gasteiger partial charge in [-0.15, -0.1) is 0 Å². The van der Waals surface area contributed by atoms with Crippen LogP contribution >= 0.6 is 34.7 Å². The molecule has 0 aliphatic heterocycles. The Hall–Kier alpha value is -0.970. The van der Waals surface area contributed by atoms with Gasteiger partial charge in [-0.2, -0.15) is 0 Å². The van der Waals surface area contributed by atoms with Crippen molar-refractivity contribution < 1.29 is 0 Å². The molecule has 2 aromatic rings. The molecule has 0 fully saturated rings. The lowest BCUT2D eigenvalue weighted by Gasteiger charge is -2.06. The normalized spacial score (nSPS) is 10.4. The number of hydrogen-bond acceptors (Lipinski definition) is 3. The molecule has 0 radical (unpaired) electrons. The summed E-state index contributed by atoms with van der Waals surface area (Å²) in [7, 11) is 0. The zero-order chi connectivity index (χ0) is 11.5. The first-order chi connectivity index (χ1) is 7.66. The largest absolute Gasteiger partial charge is 0.367 e. The zero-order valence-corrected chi connectivity index (χ0v) is 10.4. The van der Waals surface area contributed by atoms with Crippen LogP contribution in [0.2, 0.25) is 10.0 Å². The number of nitrogens with one attached hydrogen (secondary N) is 1. The van der Waals surface area contributed by atoms with E-state index in [9.17, 15) is 4.79 Å². The standard InChI is InChI=1S/C10H8Cl2N2OS/c11-8-2-1-7(5-9(8)12)13-6-14-10(15)3-4-16-14/h1-5,13H,6H2. The van der Waals surface area contributed by atoms with Gasteiger partial charge in [-0.1, -0.05) is 34.7 Å². The molecule has 16 heavy (non-hydrogen) atoms. The van der Waals surface area contributed by atoms with E-state index in [-0.39, 0.29) is 5.56 Å². The van der Waals surface area contributed by atoms with Crippen LogP contribution in [0, 0.1) is 0 Å². The molecule has 2 rings (SSSR count). The molecule has 1 aromatic carbocycles. The van der Waals surface area contributed by atoms with Crippen molar-refractivity contribution in [2.24, 2.45) is 0 Å². The topological polar surface area (TPSA) is 34.0 Å². The third kappa shape index (κ3) is 2.58. The second-order valence-corrected chi connectivity index (χ2v) is 4.83. The van der Waals surface area contributed by atoms with Gasteiger partial charge in [0.2, 0.25) is 0 Å². The van der Waals surface area contributed by atoms with E-state index in [0.717, 1.165) is 5.69 Å². The third-order valence-electron chi connectivity index (χ3n) is 1.99. The molecule has 84 valence electrons. The number of nitrogens with zero attached hydrogens (tertiary/aromatic N) is 1. The highest BCUT2D eigenvalue weighted by Gasteiger charge is 2.00.